The molecule has 3 aromatic rings. The Bertz CT molecular complexity index is 1180. The Kier molecular flexibility index (Phi) is 6.84. The van der Waals surface area contributed by atoms with Crippen molar-refractivity contribution in [2.45, 2.75) is 26.8 Å². The fourth-order valence-corrected chi connectivity index (χ4v) is 2.96. The molecule has 0 aliphatic heterocycles. The summed E-state index contributed by atoms with van der Waals surface area (Å²) in [5.41, 5.74) is 1.62. The van der Waals surface area contributed by atoms with Crippen LogP contribution in [0, 0.1) is 17.0 Å². The SMILES string of the molecule is Cc1ccc(C(=O)N/C(=C/c2ccc(-c3ccccc3[N+](=O)[O-])o2)C(=O)NC(C)C)cc1. The molecule has 2 aromatic carbocycles. The van der Waals surface area contributed by atoms with Crippen LogP contribution in [0.3, 0.4) is 0 Å². The summed E-state index contributed by atoms with van der Waals surface area (Å²) in [5, 5.41) is 16.7. The lowest BCUT2D eigenvalue weighted by molar-refractivity contribution is -0.384. The van der Waals surface area contributed by atoms with Crippen LogP contribution < -0.4 is 10.6 Å². The van der Waals surface area contributed by atoms with Gasteiger partial charge in [0.2, 0.25) is 0 Å². The molecule has 164 valence electrons. The zero-order valence-electron chi connectivity index (χ0n) is 17.9. The lowest BCUT2D eigenvalue weighted by atomic mass is 10.1. The van der Waals surface area contributed by atoms with Crippen LogP contribution in [0.25, 0.3) is 17.4 Å². The Balaban J connectivity index is 1.93. The van der Waals surface area contributed by atoms with E-state index in [0.29, 0.717) is 11.1 Å². The highest BCUT2D eigenvalue weighted by Crippen LogP contribution is 2.31. The summed E-state index contributed by atoms with van der Waals surface area (Å²) in [6.45, 7) is 5.52. The van der Waals surface area contributed by atoms with E-state index in [1.807, 2.05) is 6.92 Å². The van der Waals surface area contributed by atoms with Gasteiger partial charge in [0, 0.05) is 23.7 Å². The first-order valence-electron chi connectivity index (χ1n) is 9.99. The zero-order chi connectivity index (χ0) is 23.3. The summed E-state index contributed by atoms with van der Waals surface area (Å²) in [7, 11) is 0. The largest absolute Gasteiger partial charge is 0.456 e. The molecule has 2 N–H and O–H groups in total. The zero-order valence-corrected chi connectivity index (χ0v) is 17.9. The molecule has 0 aliphatic rings. The number of nitrogens with zero attached hydrogens (tertiary/aromatic N) is 1. The van der Waals surface area contributed by atoms with Gasteiger partial charge in [0.25, 0.3) is 17.5 Å². The minimum atomic E-state index is -0.489. The molecule has 0 bridgehead atoms. The van der Waals surface area contributed by atoms with Crippen molar-refractivity contribution in [1.82, 2.24) is 10.6 Å². The number of para-hydroxylation sites is 1. The lowest BCUT2D eigenvalue weighted by Gasteiger charge is -2.13. The molecule has 0 radical (unpaired) electrons. The number of carbonyl (C=O) groups excluding carboxylic acids is 2. The highest BCUT2D eigenvalue weighted by molar-refractivity contribution is 6.05. The molecular formula is C24H23N3O5. The molecule has 8 heteroatoms. The van der Waals surface area contributed by atoms with Crippen molar-refractivity contribution >= 4 is 23.6 Å². The van der Waals surface area contributed by atoms with Crippen LogP contribution in [0.5, 0.6) is 0 Å². The van der Waals surface area contributed by atoms with Crippen molar-refractivity contribution in [2.75, 3.05) is 0 Å². The molecule has 0 unspecified atom stereocenters. The molecule has 0 aliphatic carbocycles. The molecule has 3 rings (SSSR count). The minimum absolute atomic E-state index is 0.00673. The van der Waals surface area contributed by atoms with Gasteiger partial charge in [-0.1, -0.05) is 29.8 Å². The van der Waals surface area contributed by atoms with Gasteiger partial charge in [0.15, 0.2) is 0 Å². The second kappa shape index (κ2) is 9.74. The molecule has 0 fully saturated rings. The van der Waals surface area contributed by atoms with E-state index in [0.717, 1.165) is 5.56 Å². The van der Waals surface area contributed by atoms with Gasteiger partial charge in [-0.05, 0) is 51.1 Å². The highest BCUT2D eigenvalue weighted by atomic mass is 16.6. The van der Waals surface area contributed by atoms with E-state index in [2.05, 4.69) is 10.6 Å². The molecule has 32 heavy (non-hydrogen) atoms. The molecule has 0 spiro atoms. The Hall–Kier alpha value is -4.20. The molecular weight excluding hydrogens is 410 g/mol. The quantitative estimate of drug-likeness (QED) is 0.324. The minimum Gasteiger partial charge on any atom is -0.456 e. The molecule has 8 nitrogen and oxygen atoms in total. The Morgan fingerprint density at radius 1 is 1.03 bits per heavy atom. The third-order valence-electron chi connectivity index (χ3n) is 4.51. The van der Waals surface area contributed by atoms with Crippen molar-refractivity contribution in [2.24, 2.45) is 0 Å². The van der Waals surface area contributed by atoms with Crippen LogP contribution in [0.2, 0.25) is 0 Å². The smallest absolute Gasteiger partial charge is 0.280 e. The second-order valence-corrected chi connectivity index (χ2v) is 7.48. The average molecular weight is 433 g/mol. The van der Waals surface area contributed by atoms with E-state index in [1.54, 1.807) is 68.4 Å². The summed E-state index contributed by atoms with van der Waals surface area (Å²) in [5.74, 6) is -0.391. The van der Waals surface area contributed by atoms with Crippen LogP contribution >= 0.6 is 0 Å². The fourth-order valence-electron chi connectivity index (χ4n) is 2.96. The number of amides is 2. The summed E-state index contributed by atoms with van der Waals surface area (Å²) in [4.78, 5) is 36.1. The van der Waals surface area contributed by atoms with Crippen molar-refractivity contribution in [3.8, 4) is 11.3 Å². The summed E-state index contributed by atoms with van der Waals surface area (Å²) in [6.07, 6.45) is 1.39. The lowest BCUT2D eigenvalue weighted by Crippen LogP contribution is -2.38. The number of rotatable bonds is 7. The number of hydrogen-bond donors (Lipinski definition) is 2. The van der Waals surface area contributed by atoms with Crippen LogP contribution in [0.15, 0.2) is 70.8 Å². The van der Waals surface area contributed by atoms with Gasteiger partial charge in [-0.15, -0.1) is 0 Å². The van der Waals surface area contributed by atoms with E-state index >= 15 is 0 Å². The van der Waals surface area contributed by atoms with Crippen molar-refractivity contribution in [3.05, 3.63) is 93.4 Å². The number of nitro benzene ring substituents is 1. The normalized spacial score (nSPS) is 11.3. The Morgan fingerprint density at radius 3 is 2.38 bits per heavy atom. The first-order chi connectivity index (χ1) is 15.2. The summed E-state index contributed by atoms with van der Waals surface area (Å²) < 4.78 is 5.74. The van der Waals surface area contributed by atoms with E-state index in [1.165, 1.54) is 12.1 Å². The number of nitrogens with one attached hydrogen (secondary N) is 2. The molecule has 0 atom stereocenters. The Morgan fingerprint density at radius 2 is 1.72 bits per heavy atom. The maximum atomic E-state index is 12.7. The number of hydrogen-bond acceptors (Lipinski definition) is 5. The first-order valence-corrected chi connectivity index (χ1v) is 9.99. The van der Waals surface area contributed by atoms with E-state index in [-0.39, 0.29) is 28.9 Å². The van der Waals surface area contributed by atoms with Crippen LogP contribution in [-0.2, 0) is 4.79 Å². The summed E-state index contributed by atoms with van der Waals surface area (Å²) in [6, 6.07) is 16.2. The number of furan rings is 1. The monoisotopic (exact) mass is 433 g/mol. The van der Waals surface area contributed by atoms with E-state index in [9.17, 15) is 19.7 Å². The first kappa shape index (κ1) is 22.5. The maximum absolute atomic E-state index is 12.7. The van der Waals surface area contributed by atoms with E-state index in [4.69, 9.17) is 4.42 Å². The van der Waals surface area contributed by atoms with Crippen molar-refractivity contribution < 1.29 is 18.9 Å². The van der Waals surface area contributed by atoms with Gasteiger partial charge in [-0.3, -0.25) is 19.7 Å². The van der Waals surface area contributed by atoms with Gasteiger partial charge >= 0.3 is 0 Å². The van der Waals surface area contributed by atoms with Crippen molar-refractivity contribution in [1.29, 1.82) is 0 Å². The van der Waals surface area contributed by atoms with Gasteiger partial charge in [0.1, 0.15) is 17.2 Å². The molecule has 2 amide bonds. The van der Waals surface area contributed by atoms with Gasteiger partial charge in [0.05, 0.1) is 10.5 Å². The highest BCUT2D eigenvalue weighted by Gasteiger charge is 2.19. The van der Waals surface area contributed by atoms with Crippen LogP contribution in [0.4, 0.5) is 5.69 Å². The van der Waals surface area contributed by atoms with Gasteiger partial charge in [-0.2, -0.15) is 0 Å². The molecule has 1 heterocycles. The number of aryl methyl sites for hydroxylation is 1. The number of nitro groups is 1. The summed E-state index contributed by atoms with van der Waals surface area (Å²) >= 11 is 0. The Labute approximate surface area is 185 Å². The number of carbonyl (C=O) groups is 2. The van der Waals surface area contributed by atoms with Gasteiger partial charge < -0.3 is 15.1 Å². The average Bonchev–Trinajstić information content (AvgIpc) is 3.21. The van der Waals surface area contributed by atoms with E-state index < -0.39 is 16.7 Å². The fraction of sp³-hybridized carbons (Fsp3) is 0.167. The van der Waals surface area contributed by atoms with Gasteiger partial charge in [-0.25, -0.2) is 0 Å². The third-order valence-corrected chi connectivity index (χ3v) is 4.51. The number of benzene rings is 2. The van der Waals surface area contributed by atoms with Crippen molar-refractivity contribution in [3.63, 3.8) is 0 Å². The molecule has 1 aromatic heterocycles. The predicted molar refractivity (Wildman–Crippen MR) is 121 cm³/mol. The molecule has 0 saturated heterocycles. The second-order valence-electron chi connectivity index (χ2n) is 7.48. The predicted octanol–water partition coefficient (Wildman–Crippen LogP) is 4.46. The van der Waals surface area contributed by atoms with Crippen LogP contribution in [0.1, 0.15) is 35.5 Å². The standard InChI is InChI=1S/C24H23N3O5/c1-15(2)25-24(29)20(26-23(28)17-10-8-16(3)9-11-17)14-18-12-13-22(32-18)19-6-4-5-7-21(19)27(30)31/h4-15H,1-3H3,(H,25,29)(H,26,28)/b20-14+. The topological polar surface area (TPSA) is 114 Å². The maximum Gasteiger partial charge on any atom is 0.280 e. The van der Waals surface area contributed by atoms with Crippen LogP contribution in [-0.4, -0.2) is 22.8 Å². The third kappa shape index (κ3) is 5.48. The molecule has 0 saturated carbocycles.